The molecule has 2 saturated carbocycles. The summed E-state index contributed by atoms with van der Waals surface area (Å²) in [6.45, 7) is 7.55. The quantitative estimate of drug-likeness (QED) is 0.175. The van der Waals surface area contributed by atoms with E-state index in [0.717, 1.165) is 57.1 Å². The van der Waals surface area contributed by atoms with Gasteiger partial charge in [0.15, 0.2) is 0 Å². The van der Waals surface area contributed by atoms with Crippen molar-refractivity contribution in [3.8, 4) is 45.3 Å². The highest BCUT2D eigenvalue weighted by atomic mass is 16.5. The molecule has 300 valence electrons. The number of hydrogen-bond acceptors (Lipinski definition) is 4. The monoisotopic (exact) mass is 788 g/mol. The second-order valence-corrected chi connectivity index (χ2v) is 18.1. The Morgan fingerprint density at radius 3 is 0.800 bits per heavy atom. The first-order chi connectivity index (χ1) is 29.6. The van der Waals surface area contributed by atoms with Crippen molar-refractivity contribution in [2.24, 2.45) is 35.5 Å². The molecule has 0 amide bonds. The Labute approximate surface area is 353 Å². The molecule has 8 aromatic carbocycles. The lowest BCUT2D eigenvalue weighted by Crippen LogP contribution is -2.35. The van der Waals surface area contributed by atoms with E-state index in [0.29, 0.717) is 50.1 Å². The van der Waals surface area contributed by atoms with Crippen molar-refractivity contribution < 1.29 is 18.9 Å². The van der Waals surface area contributed by atoms with Crippen LogP contribution in [0.15, 0.2) is 146 Å². The molecule has 2 fully saturated rings. The molecule has 0 spiro atoms. The van der Waals surface area contributed by atoms with Crippen LogP contribution in [0.3, 0.4) is 0 Å². The number of rotatable bonds is 2. The van der Waals surface area contributed by atoms with Gasteiger partial charge in [0.1, 0.15) is 23.0 Å². The van der Waals surface area contributed by atoms with E-state index in [4.69, 9.17) is 18.9 Å². The standard InChI is InChI=1S/2C28H26O2/c2*1-18-14-21(15-18)22-16-29-25-12-10-19-6-2-4-8-23(19)27(25)28-24-9-5-3-7-20(24)11-13-26(28)30-17-22/h2*2-13,18,21-22H,14-17H2,1H3. The minimum atomic E-state index is 0.429. The van der Waals surface area contributed by atoms with Crippen molar-refractivity contribution in [1.82, 2.24) is 0 Å². The predicted molar refractivity (Wildman–Crippen MR) is 247 cm³/mol. The van der Waals surface area contributed by atoms with Crippen LogP contribution in [-0.4, -0.2) is 26.4 Å². The van der Waals surface area contributed by atoms with Crippen LogP contribution in [0, 0.1) is 35.5 Å². The molecule has 0 saturated heterocycles. The molecular formula is C56H52O4. The van der Waals surface area contributed by atoms with Gasteiger partial charge in [-0.3, -0.25) is 0 Å². The molecule has 4 nitrogen and oxygen atoms in total. The van der Waals surface area contributed by atoms with E-state index in [-0.39, 0.29) is 0 Å². The molecule has 0 unspecified atom stereocenters. The zero-order chi connectivity index (χ0) is 40.2. The summed E-state index contributed by atoms with van der Waals surface area (Å²) in [5.74, 6) is 7.78. The Morgan fingerprint density at radius 1 is 0.300 bits per heavy atom. The van der Waals surface area contributed by atoms with Gasteiger partial charge in [0, 0.05) is 34.1 Å². The third kappa shape index (κ3) is 6.71. The average molecular weight is 789 g/mol. The molecule has 0 aromatic heterocycles. The molecule has 60 heavy (non-hydrogen) atoms. The minimum absolute atomic E-state index is 0.429. The first-order valence-electron chi connectivity index (χ1n) is 22.1. The van der Waals surface area contributed by atoms with Crippen LogP contribution in [0.5, 0.6) is 23.0 Å². The second kappa shape index (κ2) is 15.6. The number of hydrogen-bond donors (Lipinski definition) is 0. The van der Waals surface area contributed by atoms with E-state index in [2.05, 4.69) is 159 Å². The summed E-state index contributed by atoms with van der Waals surface area (Å²) in [6.07, 6.45) is 5.14. The molecule has 0 atom stereocenters. The van der Waals surface area contributed by atoms with Crippen molar-refractivity contribution in [3.05, 3.63) is 146 Å². The van der Waals surface area contributed by atoms with E-state index < -0.39 is 0 Å². The summed E-state index contributed by atoms with van der Waals surface area (Å²) in [7, 11) is 0. The SMILES string of the molecule is CC1CC(C2COc3ccc4ccccc4c3-c3c(ccc4ccccc34)OC2)C1.CC1CC(C2COc3ccc4ccccc4c3-c3c(ccc4ccccc34)OC2)C1. The molecular weight excluding hydrogens is 737 g/mol. The van der Waals surface area contributed by atoms with Gasteiger partial charge >= 0.3 is 0 Å². The van der Waals surface area contributed by atoms with Crippen molar-refractivity contribution in [1.29, 1.82) is 0 Å². The molecule has 4 aliphatic rings. The zero-order valence-electron chi connectivity index (χ0n) is 34.6. The van der Waals surface area contributed by atoms with E-state index in [1.807, 2.05) is 0 Å². The number of benzene rings is 8. The highest BCUT2D eigenvalue weighted by Gasteiger charge is 2.36. The van der Waals surface area contributed by atoms with Crippen molar-refractivity contribution in [2.45, 2.75) is 39.5 Å². The fourth-order valence-corrected chi connectivity index (χ4v) is 10.6. The fraction of sp³-hybridized carbons (Fsp3) is 0.286. The molecule has 2 heterocycles. The molecule has 0 bridgehead atoms. The highest BCUT2D eigenvalue weighted by molar-refractivity contribution is 6.11. The van der Waals surface area contributed by atoms with Crippen molar-refractivity contribution in [3.63, 3.8) is 0 Å². The lowest BCUT2D eigenvalue weighted by atomic mass is 9.70. The summed E-state index contributed by atoms with van der Waals surface area (Å²) in [4.78, 5) is 0. The minimum Gasteiger partial charge on any atom is -0.492 e. The largest absolute Gasteiger partial charge is 0.492 e. The Bertz CT molecular complexity index is 2490. The zero-order valence-corrected chi connectivity index (χ0v) is 34.6. The number of ether oxygens (including phenoxy) is 4. The Morgan fingerprint density at radius 2 is 0.550 bits per heavy atom. The molecule has 2 aliphatic heterocycles. The van der Waals surface area contributed by atoms with Crippen LogP contribution in [-0.2, 0) is 0 Å². The van der Waals surface area contributed by atoms with Gasteiger partial charge in [-0.2, -0.15) is 0 Å². The van der Waals surface area contributed by atoms with Crippen molar-refractivity contribution in [2.75, 3.05) is 26.4 Å². The normalized spacial score (nSPS) is 21.4. The van der Waals surface area contributed by atoms with Crippen LogP contribution in [0.1, 0.15) is 39.5 Å². The maximum absolute atomic E-state index is 6.55. The summed E-state index contributed by atoms with van der Waals surface area (Å²) in [5.41, 5.74) is 4.62. The summed E-state index contributed by atoms with van der Waals surface area (Å²) < 4.78 is 26.2. The first kappa shape index (κ1) is 37.0. The molecule has 8 aromatic rings. The topological polar surface area (TPSA) is 36.9 Å². The molecule has 0 N–H and O–H groups in total. The van der Waals surface area contributed by atoms with Crippen LogP contribution in [0.2, 0.25) is 0 Å². The van der Waals surface area contributed by atoms with Crippen molar-refractivity contribution >= 4 is 43.1 Å². The van der Waals surface area contributed by atoms with E-state index in [9.17, 15) is 0 Å². The average Bonchev–Trinajstić information content (AvgIpc) is 3.41. The van der Waals surface area contributed by atoms with Gasteiger partial charge in [-0.15, -0.1) is 0 Å². The van der Waals surface area contributed by atoms with Gasteiger partial charge in [0.05, 0.1) is 26.4 Å². The van der Waals surface area contributed by atoms with Crippen LogP contribution in [0.4, 0.5) is 0 Å². The van der Waals surface area contributed by atoms with Crippen LogP contribution < -0.4 is 18.9 Å². The lowest BCUT2D eigenvalue weighted by molar-refractivity contribution is 0.0609. The third-order valence-corrected chi connectivity index (χ3v) is 14.0. The molecule has 2 aliphatic carbocycles. The van der Waals surface area contributed by atoms with E-state index in [1.165, 1.54) is 68.8 Å². The van der Waals surface area contributed by atoms with Crippen LogP contribution >= 0.6 is 0 Å². The van der Waals surface area contributed by atoms with Gasteiger partial charge in [-0.1, -0.05) is 135 Å². The van der Waals surface area contributed by atoms with Crippen LogP contribution in [0.25, 0.3) is 65.3 Å². The Hall–Kier alpha value is -6.00. The van der Waals surface area contributed by atoms with E-state index >= 15 is 0 Å². The van der Waals surface area contributed by atoms with Gasteiger partial charge in [0.2, 0.25) is 0 Å². The fourth-order valence-electron chi connectivity index (χ4n) is 10.6. The maximum Gasteiger partial charge on any atom is 0.127 e. The first-order valence-corrected chi connectivity index (χ1v) is 22.1. The summed E-state index contributed by atoms with van der Waals surface area (Å²) >= 11 is 0. The van der Waals surface area contributed by atoms with Gasteiger partial charge in [0.25, 0.3) is 0 Å². The van der Waals surface area contributed by atoms with Gasteiger partial charge < -0.3 is 18.9 Å². The van der Waals surface area contributed by atoms with Gasteiger partial charge in [-0.25, -0.2) is 0 Å². The molecule has 0 radical (unpaired) electrons. The molecule has 12 rings (SSSR count). The Balaban J connectivity index is 0.000000136. The van der Waals surface area contributed by atoms with E-state index in [1.54, 1.807) is 0 Å². The third-order valence-electron chi connectivity index (χ3n) is 14.0. The maximum atomic E-state index is 6.55. The van der Waals surface area contributed by atoms with Gasteiger partial charge in [-0.05, 0) is 117 Å². The number of fused-ring (bicyclic) bond motifs is 14. The predicted octanol–water partition coefficient (Wildman–Crippen LogP) is 14.2. The molecule has 4 heteroatoms. The second-order valence-electron chi connectivity index (χ2n) is 18.1. The highest BCUT2D eigenvalue weighted by Crippen LogP contribution is 2.49. The summed E-state index contributed by atoms with van der Waals surface area (Å²) in [6, 6.07) is 51.6. The summed E-state index contributed by atoms with van der Waals surface area (Å²) in [5, 5.41) is 9.76. The smallest absolute Gasteiger partial charge is 0.127 e. The lowest BCUT2D eigenvalue weighted by Gasteiger charge is -2.38. The Kier molecular flexibility index (Phi) is 9.60.